The largest absolute Gasteiger partial charge is 0.508 e. The highest BCUT2D eigenvalue weighted by atomic mass is 19.1. The Balaban J connectivity index is 1.59. The molecule has 4 heteroatoms. The normalized spacial score (nSPS) is 28.6. The maximum atomic E-state index is 13.5. The minimum Gasteiger partial charge on any atom is -0.508 e. The van der Waals surface area contributed by atoms with Crippen LogP contribution in [0, 0.1) is 23.6 Å². The molecule has 3 unspecified atom stereocenters. The molecule has 2 saturated carbocycles. The van der Waals surface area contributed by atoms with Gasteiger partial charge in [0, 0.05) is 12.6 Å². The van der Waals surface area contributed by atoms with Gasteiger partial charge >= 0.3 is 0 Å². The summed E-state index contributed by atoms with van der Waals surface area (Å²) in [7, 11) is 0. The molecule has 0 heterocycles. The van der Waals surface area contributed by atoms with Gasteiger partial charge in [0.15, 0.2) is 0 Å². The lowest BCUT2D eigenvalue weighted by Gasteiger charge is -2.21. The van der Waals surface area contributed by atoms with E-state index in [2.05, 4.69) is 5.32 Å². The van der Waals surface area contributed by atoms with Gasteiger partial charge in [0.2, 0.25) is 0 Å². The monoisotopic (exact) mass is 263 g/mol. The number of hydrogen-bond donors (Lipinski definition) is 2. The van der Waals surface area contributed by atoms with Gasteiger partial charge in [0.05, 0.1) is 5.56 Å². The summed E-state index contributed by atoms with van der Waals surface area (Å²) in [5.74, 6) is 0.919. The number of aromatic hydroxyl groups is 1. The van der Waals surface area contributed by atoms with E-state index < -0.39 is 5.82 Å². The maximum absolute atomic E-state index is 13.5. The average Bonchev–Trinajstić information content (AvgIpc) is 2.98. The predicted molar refractivity (Wildman–Crippen MR) is 69.3 cm³/mol. The van der Waals surface area contributed by atoms with Crippen molar-refractivity contribution < 1.29 is 14.3 Å². The van der Waals surface area contributed by atoms with Crippen molar-refractivity contribution in [3.05, 3.63) is 29.6 Å². The van der Waals surface area contributed by atoms with Crippen molar-refractivity contribution in [3.8, 4) is 5.75 Å². The van der Waals surface area contributed by atoms with E-state index in [0.717, 1.165) is 17.9 Å². The minimum absolute atomic E-state index is 0.000886. The summed E-state index contributed by atoms with van der Waals surface area (Å²) in [6.45, 7) is 0.639. The Morgan fingerprint density at radius 3 is 2.84 bits per heavy atom. The first-order valence-electron chi connectivity index (χ1n) is 6.90. The van der Waals surface area contributed by atoms with Gasteiger partial charge in [-0.25, -0.2) is 4.39 Å². The summed E-state index contributed by atoms with van der Waals surface area (Å²) in [6.07, 6.45) is 5.11. The third-order valence-electron chi connectivity index (χ3n) is 4.61. The van der Waals surface area contributed by atoms with E-state index in [1.165, 1.54) is 37.8 Å². The van der Waals surface area contributed by atoms with Crippen LogP contribution in [0.4, 0.5) is 4.39 Å². The van der Waals surface area contributed by atoms with E-state index >= 15 is 0 Å². The number of amides is 1. The Bertz CT molecular complexity index is 503. The Labute approximate surface area is 111 Å². The molecule has 0 spiro atoms. The van der Waals surface area contributed by atoms with Crippen molar-refractivity contribution in [2.75, 3.05) is 6.54 Å². The molecule has 0 saturated heterocycles. The molecule has 102 valence electrons. The summed E-state index contributed by atoms with van der Waals surface area (Å²) in [4.78, 5) is 11.9. The third-order valence-corrected chi connectivity index (χ3v) is 4.61. The lowest BCUT2D eigenvalue weighted by atomic mass is 9.89. The van der Waals surface area contributed by atoms with Crippen molar-refractivity contribution in [1.29, 1.82) is 0 Å². The third kappa shape index (κ3) is 2.44. The molecule has 0 radical (unpaired) electrons. The first-order chi connectivity index (χ1) is 9.13. The molecule has 3 atom stereocenters. The Morgan fingerprint density at radius 2 is 2.21 bits per heavy atom. The highest BCUT2D eigenvalue weighted by molar-refractivity contribution is 5.94. The second-order valence-electron chi connectivity index (χ2n) is 5.81. The fraction of sp³-hybridized carbons (Fsp3) is 0.533. The molecule has 3 rings (SSSR count). The van der Waals surface area contributed by atoms with Gasteiger partial charge in [-0.1, -0.05) is 6.42 Å². The number of halogens is 1. The van der Waals surface area contributed by atoms with Crippen LogP contribution in [0.15, 0.2) is 18.2 Å². The Kier molecular flexibility index (Phi) is 3.17. The van der Waals surface area contributed by atoms with Crippen molar-refractivity contribution >= 4 is 5.91 Å². The smallest absolute Gasteiger partial charge is 0.254 e. The number of benzene rings is 1. The summed E-state index contributed by atoms with van der Waals surface area (Å²) in [5.41, 5.74) is 0.000886. The first kappa shape index (κ1) is 12.5. The fourth-order valence-corrected chi connectivity index (χ4v) is 3.63. The molecule has 2 N–H and O–H groups in total. The van der Waals surface area contributed by atoms with Crippen LogP contribution in [-0.2, 0) is 0 Å². The van der Waals surface area contributed by atoms with Crippen molar-refractivity contribution in [3.63, 3.8) is 0 Å². The van der Waals surface area contributed by atoms with Crippen LogP contribution >= 0.6 is 0 Å². The minimum atomic E-state index is -0.676. The zero-order chi connectivity index (χ0) is 13.4. The summed E-state index contributed by atoms with van der Waals surface area (Å²) in [6, 6.07) is 3.61. The van der Waals surface area contributed by atoms with E-state index in [9.17, 15) is 9.18 Å². The number of phenols is 1. The van der Waals surface area contributed by atoms with E-state index in [1.54, 1.807) is 0 Å². The summed E-state index contributed by atoms with van der Waals surface area (Å²) in [5, 5.41) is 11.9. The SMILES string of the molecule is O=C(NCC1CC2CCC1C2)c1ccc(O)cc1F. The molecule has 1 amide bonds. The van der Waals surface area contributed by atoms with Crippen molar-refractivity contribution in [1.82, 2.24) is 5.32 Å². The second kappa shape index (κ2) is 4.83. The van der Waals surface area contributed by atoms with Gasteiger partial charge in [-0.05, 0) is 49.1 Å². The van der Waals surface area contributed by atoms with Crippen molar-refractivity contribution in [2.45, 2.75) is 25.7 Å². The highest BCUT2D eigenvalue weighted by Gasteiger charge is 2.39. The molecule has 3 nitrogen and oxygen atoms in total. The molecule has 2 fully saturated rings. The molecule has 2 aliphatic carbocycles. The predicted octanol–water partition coefficient (Wildman–Crippen LogP) is 2.70. The molecule has 19 heavy (non-hydrogen) atoms. The lowest BCUT2D eigenvalue weighted by molar-refractivity contribution is 0.0937. The standard InChI is InChI=1S/C15H18FNO2/c16-14-7-12(18)3-4-13(14)15(19)17-8-11-6-9-1-2-10(11)5-9/h3-4,7,9-11,18H,1-2,5-6,8H2,(H,17,19). The highest BCUT2D eigenvalue weighted by Crippen LogP contribution is 2.47. The zero-order valence-electron chi connectivity index (χ0n) is 10.7. The molecule has 1 aromatic rings. The second-order valence-corrected chi connectivity index (χ2v) is 5.81. The Morgan fingerprint density at radius 1 is 1.37 bits per heavy atom. The van der Waals surface area contributed by atoms with Crippen LogP contribution in [0.2, 0.25) is 0 Å². The van der Waals surface area contributed by atoms with E-state index in [-0.39, 0.29) is 17.2 Å². The molecule has 2 aliphatic rings. The number of hydrogen-bond acceptors (Lipinski definition) is 2. The van der Waals surface area contributed by atoms with Gasteiger partial charge in [0.25, 0.3) is 5.91 Å². The number of rotatable bonds is 3. The van der Waals surface area contributed by atoms with Crippen LogP contribution in [0.1, 0.15) is 36.0 Å². The van der Waals surface area contributed by atoms with Gasteiger partial charge in [-0.2, -0.15) is 0 Å². The quantitative estimate of drug-likeness (QED) is 0.881. The summed E-state index contributed by atoms with van der Waals surface area (Å²) >= 11 is 0. The van der Waals surface area contributed by atoms with E-state index in [0.29, 0.717) is 12.5 Å². The fourth-order valence-electron chi connectivity index (χ4n) is 3.63. The van der Waals surface area contributed by atoms with Crippen LogP contribution in [0.25, 0.3) is 0 Å². The van der Waals surface area contributed by atoms with Crippen molar-refractivity contribution in [2.24, 2.45) is 17.8 Å². The van der Waals surface area contributed by atoms with Crippen LogP contribution in [0.5, 0.6) is 5.75 Å². The van der Waals surface area contributed by atoms with Crippen LogP contribution < -0.4 is 5.32 Å². The zero-order valence-corrected chi connectivity index (χ0v) is 10.7. The van der Waals surface area contributed by atoms with E-state index in [1.807, 2.05) is 0 Å². The van der Waals surface area contributed by atoms with Gasteiger partial charge < -0.3 is 10.4 Å². The molecule has 1 aromatic carbocycles. The van der Waals surface area contributed by atoms with Gasteiger partial charge in [-0.15, -0.1) is 0 Å². The molecular weight excluding hydrogens is 245 g/mol. The molecular formula is C15H18FNO2. The number of carbonyl (C=O) groups excluding carboxylic acids is 1. The number of carbonyl (C=O) groups is 1. The Hall–Kier alpha value is -1.58. The van der Waals surface area contributed by atoms with Gasteiger partial charge in [0.1, 0.15) is 11.6 Å². The topological polar surface area (TPSA) is 49.3 Å². The summed E-state index contributed by atoms with van der Waals surface area (Å²) < 4.78 is 13.5. The average molecular weight is 263 g/mol. The number of fused-ring (bicyclic) bond motifs is 2. The molecule has 2 bridgehead atoms. The maximum Gasteiger partial charge on any atom is 0.254 e. The van der Waals surface area contributed by atoms with Crippen LogP contribution in [-0.4, -0.2) is 17.6 Å². The number of nitrogens with one attached hydrogen (secondary N) is 1. The van der Waals surface area contributed by atoms with Gasteiger partial charge in [-0.3, -0.25) is 4.79 Å². The van der Waals surface area contributed by atoms with Crippen LogP contribution in [0.3, 0.4) is 0 Å². The molecule has 0 aromatic heterocycles. The van der Waals surface area contributed by atoms with E-state index in [4.69, 9.17) is 5.11 Å². The molecule has 0 aliphatic heterocycles. The lowest BCUT2D eigenvalue weighted by Crippen LogP contribution is -2.32. The first-order valence-corrected chi connectivity index (χ1v) is 6.90. The number of phenolic OH excluding ortho intramolecular Hbond substituents is 1.